The van der Waals surface area contributed by atoms with E-state index >= 15 is 0 Å². The van der Waals surface area contributed by atoms with Gasteiger partial charge in [-0.1, -0.05) is 41.4 Å². The highest BCUT2D eigenvalue weighted by molar-refractivity contribution is 7.78. The minimum atomic E-state index is -2.08. The second kappa shape index (κ2) is 8.92. The van der Waals surface area contributed by atoms with E-state index in [0.717, 1.165) is 40.9 Å². The molecule has 0 bridgehead atoms. The van der Waals surface area contributed by atoms with E-state index in [9.17, 15) is 8.76 Å². The molecule has 134 valence electrons. The third-order valence-corrected chi connectivity index (χ3v) is 4.87. The monoisotopic (exact) mass is 357 g/mol. The second-order valence-corrected chi connectivity index (χ2v) is 7.17. The summed E-state index contributed by atoms with van der Waals surface area (Å²) in [6, 6.07) is 12.0. The average Bonchev–Trinajstić information content (AvgIpc) is 2.57. The van der Waals surface area contributed by atoms with Gasteiger partial charge in [0, 0.05) is 19.3 Å². The molecule has 0 N–H and O–H groups in total. The maximum absolute atomic E-state index is 11.1. The number of nitrogens with zero attached hydrogens (tertiary/aromatic N) is 2. The van der Waals surface area contributed by atoms with E-state index in [1.165, 1.54) is 5.56 Å². The van der Waals surface area contributed by atoms with Crippen molar-refractivity contribution in [3.63, 3.8) is 0 Å². The first-order chi connectivity index (χ1) is 11.9. The zero-order chi connectivity index (χ0) is 18.4. The molecule has 5 heteroatoms. The van der Waals surface area contributed by atoms with E-state index in [-0.39, 0.29) is 5.75 Å². The average molecular weight is 357 g/mol. The van der Waals surface area contributed by atoms with Crippen LogP contribution in [0.4, 0.5) is 5.69 Å². The molecule has 2 rings (SSSR count). The molecular formula is C20H25N2O2S-. The molecule has 4 nitrogen and oxygen atoms in total. The topological polar surface area (TPSA) is 55.7 Å². The lowest BCUT2D eigenvalue weighted by atomic mass is 9.95. The minimum absolute atomic E-state index is 0.0555. The molecule has 1 atom stereocenters. The van der Waals surface area contributed by atoms with Crippen LogP contribution in [0.15, 0.2) is 41.4 Å². The predicted octanol–water partition coefficient (Wildman–Crippen LogP) is 3.88. The molecule has 1 unspecified atom stereocenters. The molecule has 0 spiro atoms. The van der Waals surface area contributed by atoms with Gasteiger partial charge in [0.2, 0.25) is 0 Å². The first-order valence-electron chi connectivity index (χ1n) is 8.38. The van der Waals surface area contributed by atoms with E-state index < -0.39 is 11.1 Å². The number of aryl methyl sites for hydroxylation is 2. The molecule has 2 aromatic rings. The Hall–Kier alpha value is -1.98. The maximum atomic E-state index is 11.1. The van der Waals surface area contributed by atoms with Gasteiger partial charge in [0.1, 0.15) is 0 Å². The highest BCUT2D eigenvalue weighted by Crippen LogP contribution is 2.26. The van der Waals surface area contributed by atoms with Crippen molar-refractivity contribution in [2.24, 2.45) is 4.99 Å². The van der Waals surface area contributed by atoms with Crippen molar-refractivity contribution in [2.75, 3.05) is 13.6 Å². The van der Waals surface area contributed by atoms with Crippen LogP contribution in [0.2, 0.25) is 0 Å². The third-order valence-electron chi connectivity index (χ3n) is 4.32. The van der Waals surface area contributed by atoms with Crippen molar-refractivity contribution in [2.45, 2.75) is 32.9 Å². The van der Waals surface area contributed by atoms with Gasteiger partial charge in [0.15, 0.2) is 0 Å². The Labute approximate surface area is 152 Å². The number of rotatable bonds is 7. The van der Waals surface area contributed by atoms with Gasteiger partial charge in [-0.15, -0.1) is 0 Å². The van der Waals surface area contributed by atoms with Crippen LogP contribution in [0.1, 0.15) is 34.7 Å². The summed E-state index contributed by atoms with van der Waals surface area (Å²) in [6.07, 6.45) is 2.57. The molecule has 0 radical (unpaired) electrons. The van der Waals surface area contributed by atoms with E-state index in [2.05, 4.69) is 37.9 Å². The van der Waals surface area contributed by atoms with Crippen molar-refractivity contribution < 1.29 is 8.76 Å². The molecule has 0 aromatic heterocycles. The van der Waals surface area contributed by atoms with Gasteiger partial charge in [0.25, 0.3) is 0 Å². The molecule has 0 fully saturated rings. The summed E-state index contributed by atoms with van der Waals surface area (Å²) < 4.78 is 22.1. The summed E-state index contributed by atoms with van der Waals surface area (Å²) in [5, 5.41) is 0. The fourth-order valence-electron chi connectivity index (χ4n) is 2.64. The van der Waals surface area contributed by atoms with Crippen molar-refractivity contribution in [1.29, 1.82) is 0 Å². The van der Waals surface area contributed by atoms with Crippen LogP contribution in [0.25, 0.3) is 0 Å². The normalized spacial score (nSPS) is 12.5. The zero-order valence-electron chi connectivity index (χ0n) is 15.3. The lowest BCUT2D eigenvalue weighted by molar-refractivity contribution is 0.536. The Balaban J connectivity index is 2.29. The van der Waals surface area contributed by atoms with E-state index in [1.807, 2.05) is 42.6 Å². The number of hydrogen-bond donors (Lipinski definition) is 0. The largest absolute Gasteiger partial charge is 0.772 e. The highest BCUT2D eigenvalue weighted by atomic mass is 32.2. The van der Waals surface area contributed by atoms with Gasteiger partial charge in [-0.2, -0.15) is 0 Å². The minimum Gasteiger partial charge on any atom is -0.772 e. The number of hydrogen-bond acceptors (Lipinski definition) is 3. The Morgan fingerprint density at radius 2 is 1.80 bits per heavy atom. The van der Waals surface area contributed by atoms with Crippen LogP contribution in [-0.2, 0) is 23.3 Å². The number of benzene rings is 2. The standard InChI is InChI=1S/C20H26N2O2S/c1-5-22(4)14-21-20-11-15(2)19(10-16(20)3)12-17-8-6-7-9-18(17)13-25(23)24/h6-11,14H,5,12-13H2,1-4H3,(H,23,24)/p-1. The summed E-state index contributed by atoms with van der Waals surface area (Å²) in [6.45, 7) is 7.13. The Morgan fingerprint density at radius 3 is 2.44 bits per heavy atom. The first kappa shape index (κ1) is 19.3. The molecule has 0 saturated carbocycles. The fourth-order valence-corrected chi connectivity index (χ4v) is 3.17. The van der Waals surface area contributed by atoms with Gasteiger partial charge in [-0.05, 0) is 61.1 Å². The Morgan fingerprint density at radius 1 is 1.12 bits per heavy atom. The Kier molecular flexibility index (Phi) is 6.91. The number of aliphatic imine (C=N–C) groups is 1. The third kappa shape index (κ3) is 5.51. The van der Waals surface area contributed by atoms with E-state index in [1.54, 1.807) is 0 Å². The van der Waals surface area contributed by atoms with Gasteiger partial charge in [-0.3, -0.25) is 4.21 Å². The van der Waals surface area contributed by atoms with Gasteiger partial charge in [-0.25, -0.2) is 4.99 Å². The van der Waals surface area contributed by atoms with Gasteiger partial charge < -0.3 is 9.45 Å². The molecule has 0 aliphatic rings. The van der Waals surface area contributed by atoms with Crippen molar-refractivity contribution in [3.05, 3.63) is 64.2 Å². The molecule has 0 amide bonds. The summed E-state index contributed by atoms with van der Waals surface area (Å²) in [5.74, 6) is 0.0555. The van der Waals surface area contributed by atoms with Crippen molar-refractivity contribution in [1.82, 2.24) is 4.90 Å². The lowest BCUT2D eigenvalue weighted by Crippen LogP contribution is -2.14. The summed E-state index contributed by atoms with van der Waals surface area (Å²) >= 11 is -2.08. The maximum Gasteiger partial charge on any atom is 0.0909 e. The van der Waals surface area contributed by atoms with Gasteiger partial charge >= 0.3 is 0 Å². The van der Waals surface area contributed by atoms with Crippen LogP contribution >= 0.6 is 0 Å². The van der Waals surface area contributed by atoms with Crippen LogP contribution in [0.3, 0.4) is 0 Å². The second-order valence-electron chi connectivity index (χ2n) is 6.28. The smallest absolute Gasteiger partial charge is 0.0909 e. The van der Waals surface area contributed by atoms with Crippen molar-refractivity contribution in [3.8, 4) is 0 Å². The summed E-state index contributed by atoms with van der Waals surface area (Å²) in [5.41, 5.74) is 6.36. The molecule has 2 aromatic carbocycles. The Bertz CT molecular complexity index is 787. The van der Waals surface area contributed by atoms with Crippen LogP contribution < -0.4 is 0 Å². The van der Waals surface area contributed by atoms with Crippen LogP contribution in [-0.4, -0.2) is 33.6 Å². The van der Waals surface area contributed by atoms with Crippen LogP contribution in [0.5, 0.6) is 0 Å². The highest BCUT2D eigenvalue weighted by Gasteiger charge is 2.08. The SMILES string of the molecule is CCN(C)C=Nc1cc(C)c(Cc2ccccc2CS(=O)[O-])cc1C. The van der Waals surface area contributed by atoms with Gasteiger partial charge in [0.05, 0.1) is 12.0 Å². The molecular weight excluding hydrogens is 332 g/mol. The molecule has 0 aliphatic heterocycles. The first-order valence-corrected chi connectivity index (χ1v) is 9.62. The molecule has 25 heavy (non-hydrogen) atoms. The van der Waals surface area contributed by atoms with Crippen molar-refractivity contribution >= 4 is 23.1 Å². The molecule has 0 heterocycles. The zero-order valence-corrected chi connectivity index (χ0v) is 16.1. The summed E-state index contributed by atoms with van der Waals surface area (Å²) in [7, 11) is 2.00. The van der Waals surface area contributed by atoms with E-state index in [4.69, 9.17) is 0 Å². The fraction of sp³-hybridized carbons (Fsp3) is 0.350. The quantitative estimate of drug-likeness (QED) is 0.429. The summed E-state index contributed by atoms with van der Waals surface area (Å²) in [4.78, 5) is 6.59. The molecule has 0 aliphatic carbocycles. The van der Waals surface area contributed by atoms with Crippen LogP contribution in [0, 0.1) is 13.8 Å². The van der Waals surface area contributed by atoms with E-state index in [0.29, 0.717) is 0 Å². The molecule has 0 saturated heterocycles. The predicted molar refractivity (Wildman–Crippen MR) is 104 cm³/mol. The lowest BCUT2D eigenvalue weighted by Gasteiger charge is -2.14.